The molecule has 0 aliphatic rings. The second-order valence-electron chi connectivity index (χ2n) is 6.31. The third-order valence-electron chi connectivity index (χ3n) is 3.59. The summed E-state index contributed by atoms with van der Waals surface area (Å²) in [7, 11) is 0. The van der Waals surface area contributed by atoms with Crippen molar-refractivity contribution in [2.24, 2.45) is 0 Å². The van der Waals surface area contributed by atoms with E-state index < -0.39 is 38.2 Å². The fraction of sp³-hybridized carbons (Fsp3) is 0.316. The van der Waals surface area contributed by atoms with Gasteiger partial charge >= 0.3 is 171 Å². The van der Waals surface area contributed by atoms with Crippen molar-refractivity contribution >= 4 is 46.9 Å². The first kappa shape index (κ1) is 22.0. The molecule has 0 aromatic heterocycles. The molecule has 1 N–H and O–H groups in total. The van der Waals surface area contributed by atoms with Crippen LogP contribution in [0.1, 0.15) is 13.8 Å². The Kier molecular flexibility index (Phi) is 7.51. The van der Waals surface area contributed by atoms with Crippen molar-refractivity contribution in [1.29, 1.82) is 0 Å². The molecule has 1 unspecified atom stereocenters. The van der Waals surface area contributed by atoms with Crippen LogP contribution < -0.4 is 9.78 Å². The van der Waals surface area contributed by atoms with Gasteiger partial charge in [-0.2, -0.15) is 0 Å². The van der Waals surface area contributed by atoms with Gasteiger partial charge in [0.15, 0.2) is 0 Å². The van der Waals surface area contributed by atoms with Crippen LogP contribution in [0.3, 0.4) is 0 Å². The summed E-state index contributed by atoms with van der Waals surface area (Å²) in [5.41, 5.74) is -0.714. The van der Waals surface area contributed by atoms with E-state index in [4.69, 9.17) is 4.74 Å². The molecule has 0 aliphatic heterocycles. The molecule has 0 saturated heterocycles. The quantitative estimate of drug-likeness (QED) is 0.556. The monoisotopic (exact) mass is 509 g/mol. The molecule has 2 aromatic rings. The van der Waals surface area contributed by atoms with Crippen LogP contribution in [0.15, 0.2) is 59.1 Å². The van der Waals surface area contributed by atoms with Gasteiger partial charge in [0.2, 0.25) is 0 Å². The molecule has 8 heteroatoms. The molecule has 0 aliphatic carbocycles. The molecule has 2 rings (SSSR count). The topological polar surface area (TPSA) is 38.3 Å². The maximum atomic E-state index is 12.9. The standard InChI is InChI=1S/C19H19BrF3NO2Se/c1-18(2,26-12-19(21,22)23)16(27-15-6-4-3-5-7-15)17(25)24-14-10-8-13(20)9-11-14/h3-11,16H,12H2,1-2H3,(H,24,25). The molecule has 0 fully saturated rings. The van der Waals surface area contributed by atoms with E-state index in [0.29, 0.717) is 5.69 Å². The van der Waals surface area contributed by atoms with Crippen molar-refractivity contribution in [2.45, 2.75) is 30.4 Å². The van der Waals surface area contributed by atoms with E-state index in [1.807, 2.05) is 30.3 Å². The van der Waals surface area contributed by atoms with Gasteiger partial charge in [-0.15, -0.1) is 0 Å². The van der Waals surface area contributed by atoms with E-state index in [2.05, 4.69) is 21.2 Å². The summed E-state index contributed by atoms with van der Waals surface area (Å²) in [4.78, 5) is 12.2. The number of ether oxygens (including phenoxy) is 1. The molecule has 1 amide bonds. The normalized spacial score (nSPS) is 13.3. The van der Waals surface area contributed by atoms with Crippen LogP contribution >= 0.6 is 15.9 Å². The summed E-state index contributed by atoms with van der Waals surface area (Å²) in [6.45, 7) is 1.65. The van der Waals surface area contributed by atoms with Crippen molar-refractivity contribution in [3.8, 4) is 0 Å². The van der Waals surface area contributed by atoms with Crippen LogP contribution in [0, 0.1) is 0 Å². The molecule has 1 atom stereocenters. The number of halogens is 4. The van der Waals surface area contributed by atoms with Crippen LogP contribution in [-0.4, -0.2) is 39.2 Å². The number of carbonyl (C=O) groups excluding carboxylic acids is 1. The summed E-state index contributed by atoms with van der Waals surface area (Å²) in [5.74, 6) is -0.367. The predicted molar refractivity (Wildman–Crippen MR) is 104 cm³/mol. The van der Waals surface area contributed by atoms with E-state index in [9.17, 15) is 18.0 Å². The Labute approximate surface area is 171 Å². The number of anilines is 1. The first-order chi connectivity index (χ1) is 12.6. The molecule has 146 valence electrons. The number of hydrogen-bond acceptors (Lipinski definition) is 2. The van der Waals surface area contributed by atoms with Crippen LogP contribution in [0.2, 0.25) is 4.82 Å². The van der Waals surface area contributed by atoms with Crippen molar-refractivity contribution in [3.05, 3.63) is 59.1 Å². The fourth-order valence-corrected chi connectivity index (χ4v) is 4.81. The van der Waals surface area contributed by atoms with Crippen LogP contribution in [0.4, 0.5) is 18.9 Å². The molecule has 2 aromatic carbocycles. The first-order valence-corrected chi connectivity index (χ1v) is 10.7. The average molecular weight is 509 g/mol. The number of amides is 1. The molecule has 0 spiro atoms. The zero-order valence-electron chi connectivity index (χ0n) is 14.7. The number of benzene rings is 2. The Hall–Kier alpha value is -1.34. The predicted octanol–water partition coefficient (Wildman–Crippen LogP) is 4.56. The van der Waals surface area contributed by atoms with E-state index in [1.165, 1.54) is 13.8 Å². The van der Waals surface area contributed by atoms with Gasteiger partial charge in [0.25, 0.3) is 0 Å². The minimum atomic E-state index is -4.45. The zero-order chi connectivity index (χ0) is 20.1. The van der Waals surface area contributed by atoms with Crippen molar-refractivity contribution < 1.29 is 22.7 Å². The second kappa shape index (κ2) is 9.24. The van der Waals surface area contributed by atoms with Gasteiger partial charge in [0, 0.05) is 0 Å². The Morgan fingerprint density at radius 1 is 1.11 bits per heavy atom. The summed E-state index contributed by atoms with van der Waals surface area (Å²) >= 11 is 2.90. The number of alkyl halides is 3. The van der Waals surface area contributed by atoms with Gasteiger partial charge < -0.3 is 0 Å². The molecule has 0 radical (unpaired) electrons. The van der Waals surface area contributed by atoms with E-state index >= 15 is 0 Å². The number of rotatable bonds is 7. The van der Waals surface area contributed by atoms with Gasteiger partial charge in [-0.1, -0.05) is 0 Å². The number of carbonyl (C=O) groups is 1. The Balaban J connectivity index is 2.22. The van der Waals surface area contributed by atoms with E-state index in [0.717, 1.165) is 8.93 Å². The van der Waals surface area contributed by atoms with Gasteiger partial charge in [-0.05, 0) is 0 Å². The Bertz CT molecular complexity index is 752. The minimum absolute atomic E-state index is 0.367. The molecule has 0 heterocycles. The third-order valence-corrected chi connectivity index (χ3v) is 7.39. The Morgan fingerprint density at radius 2 is 1.70 bits per heavy atom. The molecule has 0 saturated carbocycles. The van der Waals surface area contributed by atoms with Crippen LogP contribution in [0.5, 0.6) is 0 Å². The summed E-state index contributed by atoms with van der Waals surface area (Å²) in [6.07, 6.45) is -4.45. The number of hydrogen-bond donors (Lipinski definition) is 1. The van der Waals surface area contributed by atoms with E-state index in [-0.39, 0.29) is 5.91 Å². The van der Waals surface area contributed by atoms with Crippen molar-refractivity contribution in [3.63, 3.8) is 0 Å². The molecular formula is C19H19BrF3NO2Se. The van der Waals surface area contributed by atoms with Crippen LogP contribution in [-0.2, 0) is 9.53 Å². The summed E-state index contributed by atoms with van der Waals surface area (Å²) in [6, 6.07) is 16.2. The van der Waals surface area contributed by atoms with E-state index in [1.54, 1.807) is 24.3 Å². The average Bonchev–Trinajstić information content (AvgIpc) is 2.60. The third kappa shape index (κ3) is 7.30. The molecule has 27 heavy (non-hydrogen) atoms. The van der Waals surface area contributed by atoms with Crippen molar-refractivity contribution in [1.82, 2.24) is 0 Å². The Morgan fingerprint density at radius 3 is 2.26 bits per heavy atom. The van der Waals surface area contributed by atoms with Crippen LogP contribution in [0.25, 0.3) is 0 Å². The number of nitrogens with one attached hydrogen (secondary N) is 1. The maximum absolute atomic E-state index is 12.9. The molecule has 3 nitrogen and oxygen atoms in total. The van der Waals surface area contributed by atoms with Gasteiger partial charge in [-0.3, -0.25) is 0 Å². The fourth-order valence-electron chi connectivity index (χ4n) is 2.23. The SMILES string of the molecule is CC(C)(OCC(F)(F)F)C([Se]c1ccccc1)C(=O)Nc1ccc(Br)cc1. The zero-order valence-corrected chi connectivity index (χ0v) is 18.0. The van der Waals surface area contributed by atoms with Crippen molar-refractivity contribution in [2.75, 3.05) is 11.9 Å². The summed E-state index contributed by atoms with van der Waals surface area (Å²) in [5, 5.41) is 2.79. The molecular weight excluding hydrogens is 490 g/mol. The van der Waals surface area contributed by atoms with Gasteiger partial charge in [0.05, 0.1) is 0 Å². The first-order valence-electron chi connectivity index (χ1n) is 8.06. The van der Waals surface area contributed by atoms with Gasteiger partial charge in [-0.25, -0.2) is 0 Å². The molecule has 0 bridgehead atoms. The summed E-state index contributed by atoms with van der Waals surface area (Å²) < 4.78 is 44.8. The second-order valence-corrected chi connectivity index (χ2v) is 9.70. The van der Waals surface area contributed by atoms with Gasteiger partial charge in [0.1, 0.15) is 0 Å².